The Bertz CT molecular complexity index is 1180. The molecule has 0 radical (unpaired) electrons. The van der Waals surface area contributed by atoms with Crippen LogP contribution in [0.25, 0.3) is 0 Å². The number of carbonyl (C=O) groups excluding carboxylic acids is 2. The monoisotopic (exact) mass is 511 g/mol. The van der Waals surface area contributed by atoms with Gasteiger partial charge in [-0.25, -0.2) is 14.5 Å². The summed E-state index contributed by atoms with van der Waals surface area (Å²) in [5.74, 6) is -2.73. The van der Waals surface area contributed by atoms with Crippen molar-refractivity contribution >= 4 is 69.5 Å². The van der Waals surface area contributed by atoms with E-state index in [1.165, 1.54) is 45.6 Å². The number of ether oxygens (including phenoxy) is 1. The lowest BCUT2D eigenvalue weighted by Gasteiger charge is -2.52. The van der Waals surface area contributed by atoms with Crippen LogP contribution in [0, 0.1) is 5.41 Å². The molecule has 14 nitrogen and oxygen atoms in total. The minimum absolute atomic E-state index is 0.0971. The Kier molecular flexibility index (Phi) is 6.26. The van der Waals surface area contributed by atoms with Crippen LogP contribution in [0.2, 0.25) is 0 Å². The number of hydrogen-bond acceptors (Lipinski definition) is 13. The Morgan fingerprint density at radius 3 is 2.82 bits per heavy atom. The summed E-state index contributed by atoms with van der Waals surface area (Å²) >= 11 is 3.63. The molecule has 2 aliphatic rings. The topological polar surface area (TPSA) is 194 Å². The summed E-state index contributed by atoms with van der Waals surface area (Å²) in [5, 5.41) is 30.3. The highest BCUT2D eigenvalue weighted by Crippen LogP contribution is 2.44. The number of aliphatic carboxylic acids is 1. The van der Waals surface area contributed by atoms with E-state index >= 15 is 0 Å². The molecule has 4 rings (SSSR count). The maximum absolute atomic E-state index is 13.2. The number of fused-ring (bicyclic) bond motifs is 1. The second-order valence-electron chi connectivity index (χ2n) is 6.74. The SMILES string of the molecule is COC(=N)C(=O)N(c1csc(N)n1)C1C(=O)N2C(C(=O)O)=C(CSc3nnnn3C)CSC12. The molecule has 2 amide bonds. The molecule has 2 atom stereocenters. The van der Waals surface area contributed by atoms with Gasteiger partial charge in [0.1, 0.15) is 22.9 Å². The zero-order valence-electron chi connectivity index (χ0n) is 17.2. The number of anilines is 2. The normalized spacial score (nSPS) is 19.7. The Labute approximate surface area is 198 Å². The van der Waals surface area contributed by atoms with E-state index in [-0.39, 0.29) is 22.4 Å². The highest BCUT2D eigenvalue weighted by Gasteiger charge is 2.58. The molecule has 2 aromatic rings. The van der Waals surface area contributed by atoms with E-state index in [0.717, 1.165) is 16.2 Å². The van der Waals surface area contributed by atoms with Gasteiger partial charge >= 0.3 is 11.9 Å². The number of amides is 2. The molecule has 17 heteroatoms. The van der Waals surface area contributed by atoms with Gasteiger partial charge < -0.3 is 15.6 Å². The summed E-state index contributed by atoms with van der Waals surface area (Å²) < 4.78 is 6.21. The molecule has 0 aliphatic carbocycles. The standard InChI is InChI=1S/C16H17N9O5S3/c1-23-16(20-21-22-23)33-4-6-3-31-13-9(11(26)25(13)8(6)14(28)29)24(12(27)10(17)30-2)7-5-32-15(18)19-7/h5,9,13,17H,3-4H2,1-2H3,(H2,18,19)(H,28,29). The predicted molar refractivity (Wildman–Crippen MR) is 120 cm³/mol. The fourth-order valence-electron chi connectivity index (χ4n) is 3.33. The third-order valence-corrected chi connectivity index (χ3v) is 7.91. The van der Waals surface area contributed by atoms with Crippen LogP contribution in [0.1, 0.15) is 0 Å². The van der Waals surface area contributed by atoms with Gasteiger partial charge in [0, 0.05) is 23.9 Å². The van der Waals surface area contributed by atoms with Gasteiger partial charge in [0.05, 0.1) is 7.11 Å². The van der Waals surface area contributed by atoms with Gasteiger partial charge in [0.15, 0.2) is 5.13 Å². The first-order chi connectivity index (χ1) is 15.7. The third-order valence-electron chi connectivity index (χ3n) is 4.83. The Hall–Kier alpha value is -3.18. The number of methoxy groups -OCH3 is 1. The van der Waals surface area contributed by atoms with Crippen LogP contribution in [-0.2, 0) is 26.2 Å². The van der Waals surface area contributed by atoms with Crippen molar-refractivity contribution < 1.29 is 24.2 Å². The number of hydrogen-bond donors (Lipinski definition) is 3. The summed E-state index contributed by atoms with van der Waals surface area (Å²) in [6, 6.07) is -1.06. The van der Waals surface area contributed by atoms with Gasteiger partial charge in [0.25, 0.3) is 11.8 Å². The molecule has 0 bridgehead atoms. The van der Waals surface area contributed by atoms with E-state index in [1.54, 1.807) is 7.05 Å². The number of thioether (sulfide) groups is 2. The van der Waals surface area contributed by atoms with Crippen LogP contribution < -0.4 is 10.6 Å². The molecular formula is C16H17N9O5S3. The number of nitrogens with two attached hydrogens (primary N) is 1. The number of aromatic nitrogens is 5. The van der Waals surface area contributed by atoms with E-state index in [1.807, 2.05) is 0 Å². The van der Waals surface area contributed by atoms with Crippen molar-refractivity contribution in [3.63, 3.8) is 0 Å². The summed E-state index contributed by atoms with van der Waals surface area (Å²) in [7, 11) is 2.83. The molecule has 2 aliphatic heterocycles. The zero-order chi connectivity index (χ0) is 23.9. The van der Waals surface area contributed by atoms with Crippen LogP contribution >= 0.6 is 34.9 Å². The number of nitrogens with one attached hydrogen (secondary N) is 1. The van der Waals surface area contributed by atoms with Crippen LogP contribution in [-0.4, -0.2) is 88.9 Å². The average molecular weight is 512 g/mol. The first kappa shape index (κ1) is 23.0. The summed E-state index contributed by atoms with van der Waals surface area (Å²) in [4.78, 5) is 44.4. The maximum Gasteiger partial charge on any atom is 0.352 e. The fourth-order valence-corrected chi connectivity index (χ4v) is 6.25. The van der Waals surface area contributed by atoms with Crippen LogP contribution in [0.15, 0.2) is 21.8 Å². The third kappa shape index (κ3) is 4.02. The minimum atomic E-state index is -1.25. The molecule has 0 aromatic carbocycles. The van der Waals surface area contributed by atoms with Gasteiger partial charge in [-0.1, -0.05) is 11.8 Å². The first-order valence-electron chi connectivity index (χ1n) is 9.16. The zero-order valence-corrected chi connectivity index (χ0v) is 19.6. The lowest BCUT2D eigenvalue weighted by Crippen LogP contribution is -2.72. The van der Waals surface area contributed by atoms with Gasteiger partial charge in [-0.15, -0.1) is 28.2 Å². The predicted octanol–water partition coefficient (Wildman–Crippen LogP) is -0.380. The van der Waals surface area contributed by atoms with Crippen molar-refractivity contribution in [2.24, 2.45) is 7.05 Å². The molecule has 0 spiro atoms. The van der Waals surface area contributed by atoms with Crippen LogP contribution in [0.3, 0.4) is 0 Å². The van der Waals surface area contributed by atoms with Crippen molar-refractivity contribution in [3.8, 4) is 0 Å². The molecule has 4 N–H and O–H groups in total. The largest absolute Gasteiger partial charge is 0.477 e. The lowest BCUT2D eigenvalue weighted by atomic mass is 10.0. The van der Waals surface area contributed by atoms with Gasteiger partial charge in [-0.2, -0.15) is 0 Å². The summed E-state index contributed by atoms with van der Waals surface area (Å²) in [5.41, 5.74) is 6.10. The molecule has 1 fully saturated rings. The Morgan fingerprint density at radius 1 is 1.48 bits per heavy atom. The number of carboxylic acids is 1. The number of carbonyl (C=O) groups is 3. The van der Waals surface area contributed by atoms with Crippen molar-refractivity contribution in [1.82, 2.24) is 30.1 Å². The smallest absolute Gasteiger partial charge is 0.352 e. The summed E-state index contributed by atoms with van der Waals surface area (Å²) in [6.07, 6.45) is 0. The number of β-lactam (4-membered cyclic amide) rings is 1. The molecule has 2 aromatic heterocycles. The van der Waals surface area contributed by atoms with Gasteiger partial charge in [-0.05, 0) is 16.0 Å². The van der Waals surface area contributed by atoms with Crippen LogP contribution in [0.5, 0.6) is 0 Å². The van der Waals surface area contributed by atoms with Crippen LogP contribution in [0.4, 0.5) is 10.9 Å². The number of tetrazole rings is 1. The van der Waals surface area contributed by atoms with Crippen molar-refractivity contribution in [1.29, 1.82) is 5.41 Å². The molecule has 2 unspecified atom stereocenters. The van der Waals surface area contributed by atoms with E-state index in [4.69, 9.17) is 15.9 Å². The molecule has 4 heterocycles. The van der Waals surface area contributed by atoms with E-state index in [9.17, 15) is 19.5 Å². The highest BCUT2D eigenvalue weighted by molar-refractivity contribution is 8.01. The quantitative estimate of drug-likeness (QED) is 0.197. The minimum Gasteiger partial charge on any atom is -0.477 e. The lowest BCUT2D eigenvalue weighted by molar-refractivity contribution is -0.148. The molecular weight excluding hydrogens is 494 g/mol. The second-order valence-corrected chi connectivity index (χ2v) is 9.68. The van der Waals surface area contributed by atoms with E-state index < -0.39 is 35.1 Å². The average Bonchev–Trinajstić information content (AvgIpc) is 3.41. The Morgan fingerprint density at radius 2 is 2.24 bits per heavy atom. The van der Waals surface area contributed by atoms with Crippen molar-refractivity contribution in [2.75, 3.05) is 29.2 Å². The first-order valence-corrected chi connectivity index (χ1v) is 12.1. The highest BCUT2D eigenvalue weighted by atomic mass is 32.2. The number of rotatable bonds is 6. The maximum atomic E-state index is 13.2. The number of thiazole rings is 1. The molecule has 0 saturated carbocycles. The summed E-state index contributed by atoms with van der Waals surface area (Å²) in [6.45, 7) is 0. The molecule has 1 saturated heterocycles. The van der Waals surface area contributed by atoms with E-state index in [2.05, 4.69) is 20.5 Å². The van der Waals surface area contributed by atoms with Gasteiger partial charge in [0.2, 0.25) is 5.16 Å². The second kappa shape index (κ2) is 8.99. The molecule has 174 valence electrons. The number of carboxylic acid groups (broad SMARTS) is 1. The number of nitrogen functional groups attached to an aromatic ring is 1. The van der Waals surface area contributed by atoms with Crippen molar-refractivity contribution in [3.05, 3.63) is 16.7 Å². The number of nitrogens with zero attached hydrogens (tertiary/aromatic N) is 7. The molecule has 33 heavy (non-hydrogen) atoms. The van der Waals surface area contributed by atoms with Gasteiger partial charge in [-0.3, -0.25) is 24.8 Å². The van der Waals surface area contributed by atoms with Crippen molar-refractivity contribution in [2.45, 2.75) is 16.6 Å². The number of aryl methyl sites for hydroxylation is 1. The fraction of sp³-hybridized carbons (Fsp3) is 0.375. The Balaban J connectivity index is 1.63. The van der Waals surface area contributed by atoms with E-state index in [0.29, 0.717) is 16.5 Å².